The lowest BCUT2D eigenvalue weighted by Crippen LogP contribution is -2.48. The van der Waals surface area contributed by atoms with Crippen molar-refractivity contribution in [3.63, 3.8) is 0 Å². The smallest absolute Gasteiger partial charge is 0.246 e. The summed E-state index contributed by atoms with van der Waals surface area (Å²) in [5.74, 6) is 1.06. The minimum atomic E-state index is -3.52. The molecule has 2 heterocycles. The summed E-state index contributed by atoms with van der Waals surface area (Å²) in [6.45, 7) is 6.70. The van der Waals surface area contributed by atoms with Gasteiger partial charge >= 0.3 is 0 Å². The van der Waals surface area contributed by atoms with Crippen molar-refractivity contribution in [3.8, 4) is 0 Å². The number of ether oxygens (including phenoxy) is 1. The fourth-order valence-electron chi connectivity index (χ4n) is 2.51. The molecule has 1 N–H and O–H groups in total. The van der Waals surface area contributed by atoms with Crippen LogP contribution in [0, 0.1) is 6.92 Å². The summed E-state index contributed by atoms with van der Waals surface area (Å²) in [5.41, 5.74) is 0. The van der Waals surface area contributed by atoms with Crippen molar-refractivity contribution < 1.29 is 17.6 Å². The van der Waals surface area contributed by atoms with E-state index in [1.165, 1.54) is 4.31 Å². The topological polar surface area (TPSA) is 71.8 Å². The molecule has 0 radical (unpaired) electrons. The van der Waals surface area contributed by atoms with E-state index in [4.69, 9.17) is 9.15 Å². The number of morpholine rings is 1. The van der Waals surface area contributed by atoms with Gasteiger partial charge in [-0.2, -0.15) is 4.31 Å². The van der Waals surface area contributed by atoms with Gasteiger partial charge in [0.05, 0.1) is 18.8 Å². The average molecular weight is 302 g/mol. The standard InChI is InChI=1S/C13H22N2O4S/c1-9-7-15(8-10(2)18-9)20(16,17)13-5-12(6-14-4)19-11(13)3/h5,9-10,14H,6-8H2,1-4H3. The summed E-state index contributed by atoms with van der Waals surface area (Å²) < 4.78 is 38.0. The first-order chi connectivity index (χ1) is 9.34. The Hall–Kier alpha value is -0.890. The predicted molar refractivity (Wildman–Crippen MR) is 75.0 cm³/mol. The number of aryl methyl sites for hydroxylation is 1. The minimum absolute atomic E-state index is 0.0995. The second kappa shape index (κ2) is 5.85. The molecule has 0 aliphatic carbocycles. The van der Waals surface area contributed by atoms with Gasteiger partial charge in [0, 0.05) is 19.2 Å². The van der Waals surface area contributed by atoms with Gasteiger partial charge in [0.15, 0.2) is 0 Å². The van der Waals surface area contributed by atoms with Gasteiger partial charge in [-0.3, -0.25) is 0 Å². The third kappa shape index (κ3) is 3.06. The van der Waals surface area contributed by atoms with Crippen LogP contribution in [0.4, 0.5) is 0 Å². The SMILES string of the molecule is CNCc1cc(S(=O)(=O)N2CC(C)OC(C)C2)c(C)o1. The van der Waals surface area contributed by atoms with Gasteiger partial charge in [-0.05, 0) is 27.8 Å². The summed E-state index contributed by atoms with van der Waals surface area (Å²) in [6.07, 6.45) is -0.199. The molecule has 0 saturated carbocycles. The molecule has 1 aliphatic rings. The molecule has 2 rings (SSSR count). The molecular formula is C13H22N2O4S. The van der Waals surface area contributed by atoms with Gasteiger partial charge in [0.2, 0.25) is 10.0 Å². The molecule has 6 nitrogen and oxygen atoms in total. The minimum Gasteiger partial charge on any atom is -0.464 e. The molecule has 2 unspecified atom stereocenters. The number of nitrogens with one attached hydrogen (secondary N) is 1. The Morgan fingerprint density at radius 3 is 2.50 bits per heavy atom. The molecule has 1 fully saturated rings. The van der Waals surface area contributed by atoms with Crippen LogP contribution in [0.1, 0.15) is 25.4 Å². The van der Waals surface area contributed by atoms with Gasteiger partial charge in [-0.25, -0.2) is 8.42 Å². The second-order valence-corrected chi connectivity index (χ2v) is 7.15. The highest BCUT2D eigenvalue weighted by Gasteiger charge is 2.34. The van der Waals surface area contributed by atoms with E-state index in [2.05, 4.69) is 5.32 Å². The Bertz CT molecular complexity index is 557. The number of hydrogen-bond acceptors (Lipinski definition) is 5. The molecule has 0 amide bonds. The zero-order valence-electron chi connectivity index (χ0n) is 12.3. The van der Waals surface area contributed by atoms with E-state index in [0.29, 0.717) is 31.2 Å². The Kier molecular flexibility index (Phi) is 4.53. The highest BCUT2D eigenvalue weighted by Crippen LogP contribution is 2.26. The molecule has 0 aromatic carbocycles. The summed E-state index contributed by atoms with van der Waals surface area (Å²) in [5, 5.41) is 2.95. The first-order valence-corrected chi connectivity index (χ1v) is 8.18. The van der Waals surface area contributed by atoms with Crippen LogP contribution in [0.25, 0.3) is 0 Å². The molecule has 20 heavy (non-hydrogen) atoms. The average Bonchev–Trinajstić information content (AvgIpc) is 2.70. The monoisotopic (exact) mass is 302 g/mol. The van der Waals surface area contributed by atoms with Crippen molar-refractivity contribution in [2.45, 2.75) is 44.4 Å². The van der Waals surface area contributed by atoms with Crippen LogP contribution in [0.5, 0.6) is 0 Å². The number of sulfonamides is 1. The normalized spacial score (nSPS) is 25.0. The van der Waals surface area contributed by atoms with Gasteiger partial charge < -0.3 is 14.5 Å². The van der Waals surface area contributed by atoms with Crippen molar-refractivity contribution in [2.75, 3.05) is 20.1 Å². The van der Waals surface area contributed by atoms with Crippen LogP contribution in [0.2, 0.25) is 0 Å². The number of nitrogens with zero attached hydrogens (tertiary/aromatic N) is 1. The summed E-state index contributed by atoms with van der Waals surface area (Å²) in [4.78, 5) is 0.254. The maximum Gasteiger partial charge on any atom is 0.246 e. The van der Waals surface area contributed by atoms with Gasteiger partial charge in [0.25, 0.3) is 0 Å². The quantitative estimate of drug-likeness (QED) is 0.902. The third-order valence-electron chi connectivity index (χ3n) is 3.28. The molecule has 0 spiro atoms. The van der Waals surface area contributed by atoms with E-state index in [9.17, 15) is 8.42 Å². The van der Waals surface area contributed by atoms with Crippen LogP contribution in [0.15, 0.2) is 15.4 Å². The van der Waals surface area contributed by atoms with Crippen LogP contribution < -0.4 is 5.32 Å². The molecule has 1 saturated heterocycles. The zero-order valence-corrected chi connectivity index (χ0v) is 13.2. The fourth-order valence-corrected chi connectivity index (χ4v) is 4.28. The first-order valence-electron chi connectivity index (χ1n) is 6.74. The van der Waals surface area contributed by atoms with Gasteiger partial charge in [-0.15, -0.1) is 0 Å². The van der Waals surface area contributed by atoms with Crippen LogP contribution >= 0.6 is 0 Å². The van der Waals surface area contributed by atoms with Crippen molar-refractivity contribution in [3.05, 3.63) is 17.6 Å². The number of hydrogen-bond donors (Lipinski definition) is 1. The Labute approximate surface area is 120 Å². The Morgan fingerprint density at radius 2 is 1.95 bits per heavy atom. The largest absolute Gasteiger partial charge is 0.464 e. The zero-order chi connectivity index (χ0) is 14.9. The van der Waals surface area contributed by atoms with Gasteiger partial charge in [0.1, 0.15) is 16.4 Å². The number of furan rings is 1. The molecule has 1 aliphatic heterocycles. The Balaban J connectivity index is 2.30. The predicted octanol–water partition coefficient (Wildman–Crippen LogP) is 1.11. The van der Waals surface area contributed by atoms with Crippen molar-refractivity contribution in [1.29, 1.82) is 0 Å². The van der Waals surface area contributed by atoms with Crippen molar-refractivity contribution in [1.82, 2.24) is 9.62 Å². The maximum atomic E-state index is 12.7. The lowest BCUT2D eigenvalue weighted by molar-refractivity contribution is -0.0441. The van der Waals surface area contributed by atoms with Crippen LogP contribution in [-0.4, -0.2) is 45.1 Å². The van der Waals surface area contributed by atoms with Crippen LogP contribution in [-0.2, 0) is 21.3 Å². The lowest BCUT2D eigenvalue weighted by atomic mass is 10.3. The Morgan fingerprint density at radius 1 is 1.35 bits per heavy atom. The van der Waals surface area contributed by atoms with Crippen LogP contribution in [0.3, 0.4) is 0 Å². The van der Waals surface area contributed by atoms with E-state index in [1.54, 1.807) is 20.0 Å². The lowest BCUT2D eigenvalue weighted by Gasteiger charge is -2.34. The fraction of sp³-hybridized carbons (Fsp3) is 0.692. The highest BCUT2D eigenvalue weighted by molar-refractivity contribution is 7.89. The van der Waals surface area contributed by atoms with E-state index in [0.717, 1.165) is 0 Å². The van der Waals surface area contributed by atoms with Crippen molar-refractivity contribution in [2.24, 2.45) is 0 Å². The molecule has 0 bridgehead atoms. The highest BCUT2D eigenvalue weighted by atomic mass is 32.2. The molecular weight excluding hydrogens is 280 g/mol. The molecule has 1 aromatic heterocycles. The molecule has 1 aromatic rings. The van der Waals surface area contributed by atoms with E-state index in [-0.39, 0.29) is 17.1 Å². The molecule has 2 atom stereocenters. The van der Waals surface area contributed by atoms with E-state index in [1.807, 2.05) is 13.8 Å². The summed E-state index contributed by atoms with van der Waals surface area (Å²) >= 11 is 0. The number of rotatable bonds is 4. The third-order valence-corrected chi connectivity index (χ3v) is 5.22. The second-order valence-electron chi connectivity index (χ2n) is 5.24. The molecule has 114 valence electrons. The molecule has 7 heteroatoms. The van der Waals surface area contributed by atoms with E-state index < -0.39 is 10.0 Å². The van der Waals surface area contributed by atoms with E-state index >= 15 is 0 Å². The first kappa shape index (κ1) is 15.5. The van der Waals surface area contributed by atoms with Gasteiger partial charge in [-0.1, -0.05) is 0 Å². The summed E-state index contributed by atoms with van der Waals surface area (Å²) in [7, 11) is -1.74. The maximum absolute atomic E-state index is 12.7. The van der Waals surface area contributed by atoms with Crippen molar-refractivity contribution >= 4 is 10.0 Å². The summed E-state index contributed by atoms with van der Waals surface area (Å²) in [6, 6.07) is 1.60.